The number of aromatic nitrogens is 1. The van der Waals surface area contributed by atoms with E-state index in [0.29, 0.717) is 5.75 Å². The monoisotopic (exact) mass is 207 g/mol. The third-order valence-corrected chi connectivity index (χ3v) is 3.08. The standard InChI is InChI=1S/C11H13NOS/c1-2-14-7-9-6-8-4-3-5-10(13)11(8)12-9/h3-6,12-13H,2,7H2,1H3. The van der Waals surface area contributed by atoms with Crippen molar-refractivity contribution in [2.45, 2.75) is 12.7 Å². The molecule has 74 valence electrons. The molecule has 0 saturated carbocycles. The lowest BCUT2D eigenvalue weighted by Crippen LogP contribution is -1.79. The fourth-order valence-corrected chi connectivity index (χ4v) is 2.07. The predicted octanol–water partition coefficient (Wildman–Crippen LogP) is 3.13. The second kappa shape index (κ2) is 3.96. The first-order valence-corrected chi connectivity index (χ1v) is 5.84. The number of hydrogen-bond acceptors (Lipinski definition) is 2. The van der Waals surface area contributed by atoms with Crippen LogP contribution in [0.2, 0.25) is 0 Å². The summed E-state index contributed by atoms with van der Waals surface area (Å²) in [6, 6.07) is 7.67. The van der Waals surface area contributed by atoms with Crippen LogP contribution in [0.4, 0.5) is 0 Å². The summed E-state index contributed by atoms with van der Waals surface area (Å²) in [6.07, 6.45) is 0. The molecule has 0 saturated heterocycles. The van der Waals surface area contributed by atoms with E-state index in [0.717, 1.165) is 22.4 Å². The topological polar surface area (TPSA) is 36.0 Å². The summed E-state index contributed by atoms with van der Waals surface area (Å²) >= 11 is 1.87. The zero-order valence-corrected chi connectivity index (χ0v) is 8.90. The van der Waals surface area contributed by atoms with Gasteiger partial charge in [-0.25, -0.2) is 0 Å². The van der Waals surface area contributed by atoms with E-state index in [2.05, 4.69) is 18.0 Å². The summed E-state index contributed by atoms with van der Waals surface area (Å²) in [6.45, 7) is 2.14. The van der Waals surface area contributed by atoms with Crippen molar-refractivity contribution >= 4 is 22.7 Å². The van der Waals surface area contributed by atoms with Gasteiger partial charge < -0.3 is 10.1 Å². The molecule has 0 amide bonds. The van der Waals surface area contributed by atoms with Gasteiger partial charge in [0, 0.05) is 16.8 Å². The minimum atomic E-state index is 0.329. The third kappa shape index (κ3) is 1.73. The number of para-hydroxylation sites is 1. The van der Waals surface area contributed by atoms with Crippen molar-refractivity contribution in [2.24, 2.45) is 0 Å². The van der Waals surface area contributed by atoms with Crippen molar-refractivity contribution in [3.8, 4) is 5.75 Å². The van der Waals surface area contributed by atoms with Crippen molar-refractivity contribution in [3.63, 3.8) is 0 Å². The second-order valence-electron chi connectivity index (χ2n) is 3.17. The summed E-state index contributed by atoms with van der Waals surface area (Å²) in [7, 11) is 0. The highest BCUT2D eigenvalue weighted by atomic mass is 32.2. The van der Waals surface area contributed by atoms with Gasteiger partial charge in [-0.2, -0.15) is 11.8 Å². The number of rotatable bonds is 3. The molecule has 0 aliphatic rings. The van der Waals surface area contributed by atoms with Gasteiger partial charge in [0.15, 0.2) is 0 Å². The number of hydrogen-bond donors (Lipinski definition) is 2. The van der Waals surface area contributed by atoms with Crippen molar-refractivity contribution < 1.29 is 5.11 Å². The van der Waals surface area contributed by atoms with E-state index in [-0.39, 0.29) is 0 Å². The molecular formula is C11H13NOS. The molecule has 1 aromatic carbocycles. The van der Waals surface area contributed by atoms with E-state index in [1.165, 1.54) is 5.69 Å². The highest BCUT2D eigenvalue weighted by molar-refractivity contribution is 7.98. The average molecular weight is 207 g/mol. The molecule has 2 N–H and O–H groups in total. The van der Waals surface area contributed by atoms with Gasteiger partial charge in [-0.3, -0.25) is 0 Å². The van der Waals surface area contributed by atoms with Gasteiger partial charge in [0.25, 0.3) is 0 Å². The first kappa shape index (κ1) is 9.46. The van der Waals surface area contributed by atoms with Gasteiger partial charge in [0.2, 0.25) is 0 Å². The Morgan fingerprint density at radius 2 is 2.29 bits per heavy atom. The summed E-state index contributed by atoms with van der Waals surface area (Å²) in [5.41, 5.74) is 2.02. The largest absolute Gasteiger partial charge is 0.506 e. The summed E-state index contributed by atoms with van der Waals surface area (Å²) in [4.78, 5) is 3.23. The Labute approximate surface area is 87.3 Å². The number of H-pyrrole nitrogens is 1. The molecule has 2 rings (SSSR count). The van der Waals surface area contributed by atoms with Crippen LogP contribution in [0.15, 0.2) is 24.3 Å². The molecule has 0 spiro atoms. The Hall–Kier alpha value is -1.09. The predicted molar refractivity (Wildman–Crippen MR) is 61.8 cm³/mol. The van der Waals surface area contributed by atoms with Gasteiger partial charge >= 0.3 is 0 Å². The normalized spacial score (nSPS) is 10.9. The van der Waals surface area contributed by atoms with Gasteiger partial charge in [-0.1, -0.05) is 19.1 Å². The first-order valence-electron chi connectivity index (χ1n) is 4.68. The lowest BCUT2D eigenvalue weighted by atomic mass is 10.2. The molecule has 1 aromatic heterocycles. The summed E-state index contributed by atoms with van der Waals surface area (Å²) < 4.78 is 0. The lowest BCUT2D eigenvalue weighted by Gasteiger charge is -1.94. The van der Waals surface area contributed by atoms with Crippen molar-refractivity contribution in [2.75, 3.05) is 5.75 Å². The number of thioether (sulfide) groups is 1. The smallest absolute Gasteiger partial charge is 0.139 e. The molecule has 0 radical (unpaired) electrons. The fraction of sp³-hybridized carbons (Fsp3) is 0.273. The van der Waals surface area contributed by atoms with E-state index in [9.17, 15) is 5.11 Å². The van der Waals surface area contributed by atoms with Crippen LogP contribution in [0.5, 0.6) is 5.75 Å². The van der Waals surface area contributed by atoms with E-state index >= 15 is 0 Å². The van der Waals surface area contributed by atoms with Crippen LogP contribution in [-0.2, 0) is 5.75 Å². The molecule has 0 aliphatic heterocycles. The van der Waals surface area contributed by atoms with Crippen LogP contribution >= 0.6 is 11.8 Å². The molecule has 0 aliphatic carbocycles. The Morgan fingerprint density at radius 3 is 3.00 bits per heavy atom. The molecule has 14 heavy (non-hydrogen) atoms. The molecular weight excluding hydrogens is 194 g/mol. The molecule has 0 fully saturated rings. The fourth-order valence-electron chi connectivity index (χ4n) is 1.49. The van der Waals surface area contributed by atoms with Crippen molar-refractivity contribution in [1.29, 1.82) is 0 Å². The SMILES string of the molecule is CCSCc1cc2cccc(O)c2[nH]1. The van der Waals surface area contributed by atoms with Crippen molar-refractivity contribution in [1.82, 2.24) is 4.98 Å². The van der Waals surface area contributed by atoms with Gasteiger partial charge in [-0.15, -0.1) is 0 Å². The molecule has 1 heterocycles. The van der Waals surface area contributed by atoms with Crippen LogP contribution < -0.4 is 0 Å². The quantitative estimate of drug-likeness (QED) is 0.811. The van der Waals surface area contributed by atoms with Crippen LogP contribution in [0.25, 0.3) is 10.9 Å². The third-order valence-electron chi connectivity index (χ3n) is 2.15. The number of phenolic OH excluding ortho intramolecular Hbond substituents is 1. The van der Waals surface area contributed by atoms with Gasteiger partial charge in [-0.05, 0) is 17.9 Å². The number of aromatic amines is 1. The maximum atomic E-state index is 9.57. The summed E-state index contributed by atoms with van der Waals surface area (Å²) in [5.74, 6) is 2.42. The Bertz CT molecular complexity index is 436. The lowest BCUT2D eigenvalue weighted by molar-refractivity contribution is 0.480. The van der Waals surface area contributed by atoms with E-state index in [1.54, 1.807) is 6.07 Å². The maximum Gasteiger partial charge on any atom is 0.139 e. The van der Waals surface area contributed by atoms with Crippen molar-refractivity contribution in [3.05, 3.63) is 30.0 Å². The number of fused-ring (bicyclic) bond motifs is 1. The van der Waals surface area contributed by atoms with Crippen LogP contribution in [0.1, 0.15) is 12.6 Å². The van der Waals surface area contributed by atoms with E-state index < -0.39 is 0 Å². The Balaban J connectivity index is 2.36. The van der Waals surface area contributed by atoms with Crippen LogP contribution in [0, 0.1) is 0 Å². The van der Waals surface area contributed by atoms with Crippen LogP contribution in [0.3, 0.4) is 0 Å². The number of aromatic hydroxyl groups is 1. The van der Waals surface area contributed by atoms with E-state index in [4.69, 9.17) is 0 Å². The average Bonchev–Trinajstić information content (AvgIpc) is 2.59. The zero-order chi connectivity index (χ0) is 9.97. The molecule has 2 aromatic rings. The number of benzene rings is 1. The highest BCUT2D eigenvalue weighted by Gasteiger charge is 2.03. The summed E-state index contributed by atoms with van der Waals surface area (Å²) in [5, 5.41) is 10.7. The number of nitrogens with one attached hydrogen (secondary N) is 1. The molecule has 2 nitrogen and oxygen atoms in total. The zero-order valence-electron chi connectivity index (χ0n) is 8.08. The second-order valence-corrected chi connectivity index (χ2v) is 4.45. The van der Waals surface area contributed by atoms with Gasteiger partial charge in [0.05, 0.1) is 5.52 Å². The molecule has 0 atom stereocenters. The maximum absolute atomic E-state index is 9.57. The minimum absolute atomic E-state index is 0.329. The highest BCUT2D eigenvalue weighted by Crippen LogP contribution is 2.25. The first-order chi connectivity index (χ1) is 6.81. The molecule has 3 heteroatoms. The number of phenols is 1. The van der Waals surface area contributed by atoms with Crippen LogP contribution in [-0.4, -0.2) is 15.8 Å². The Morgan fingerprint density at radius 1 is 1.43 bits per heavy atom. The Kier molecular flexibility index (Phi) is 2.68. The molecule has 0 bridgehead atoms. The van der Waals surface area contributed by atoms with Gasteiger partial charge in [0.1, 0.15) is 5.75 Å². The molecule has 0 unspecified atom stereocenters. The van der Waals surface area contributed by atoms with E-state index in [1.807, 2.05) is 23.9 Å². The minimum Gasteiger partial charge on any atom is -0.506 e.